The van der Waals surface area contributed by atoms with Crippen molar-refractivity contribution in [1.29, 1.82) is 0 Å². The highest BCUT2D eigenvalue weighted by Crippen LogP contribution is 2.29. The number of anilines is 1. The van der Waals surface area contributed by atoms with Crippen LogP contribution in [0.2, 0.25) is 0 Å². The molecule has 0 unspecified atom stereocenters. The number of hydrogen-bond acceptors (Lipinski definition) is 5. The summed E-state index contributed by atoms with van der Waals surface area (Å²) < 4.78 is 26.3. The van der Waals surface area contributed by atoms with Gasteiger partial charge >= 0.3 is 0 Å². The van der Waals surface area contributed by atoms with E-state index < -0.39 is 10.0 Å². The second-order valence-electron chi connectivity index (χ2n) is 7.18. The van der Waals surface area contributed by atoms with E-state index >= 15 is 0 Å². The Morgan fingerprint density at radius 3 is 2.46 bits per heavy atom. The number of sulfonamides is 1. The van der Waals surface area contributed by atoms with Gasteiger partial charge in [-0.05, 0) is 42.7 Å². The third-order valence-electron chi connectivity index (χ3n) is 4.91. The summed E-state index contributed by atoms with van der Waals surface area (Å²) in [6.07, 6.45) is 5.54. The van der Waals surface area contributed by atoms with Crippen molar-refractivity contribution in [3.63, 3.8) is 0 Å². The van der Waals surface area contributed by atoms with E-state index in [4.69, 9.17) is 0 Å². The van der Waals surface area contributed by atoms with E-state index in [1.165, 1.54) is 20.2 Å². The summed E-state index contributed by atoms with van der Waals surface area (Å²) in [7, 11) is 1.07. The number of carbonyl (C=O) groups is 1. The molecule has 0 aliphatic carbocycles. The average molecular weight is 403 g/mol. The van der Waals surface area contributed by atoms with Gasteiger partial charge in [-0.15, -0.1) is 0 Å². The molecule has 0 N–H and O–H groups in total. The third kappa shape index (κ3) is 4.18. The van der Waals surface area contributed by atoms with Crippen LogP contribution in [0, 0.1) is 0 Å². The third-order valence-corrected chi connectivity index (χ3v) is 6.72. The summed E-state index contributed by atoms with van der Waals surface area (Å²) >= 11 is 0. The van der Waals surface area contributed by atoms with E-state index in [0.29, 0.717) is 12.1 Å². The van der Waals surface area contributed by atoms with Crippen molar-refractivity contribution >= 4 is 21.6 Å². The van der Waals surface area contributed by atoms with E-state index in [2.05, 4.69) is 9.88 Å². The summed E-state index contributed by atoms with van der Waals surface area (Å²) in [6, 6.07) is 8.58. The molecule has 0 spiro atoms. The molecule has 3 rings (SSSR count). The van der Waals surface area contributed by atoms with E-state index in [1.54, 1.807) is 36.5 Å². The second kappa shape index (κ2) is 8.28. The number of benzene rings is 1. The maximum absolute atomic E-state index is 13.2. The molecule has 8 heteroatoms. The smallest absolute Gasteiger partial charge is 0.256 e. The monoisotopic (exact) mass is 402 g/mol. The first-order valence-corrected chi connectivity index (χ1v) is 10.7. The zero-order valence-corrected chi connectivity index (χ0v) is 17.3. The Balaban J connectivity index is 1.98. The average Bonchev–Trinajstić information content (AvgIpc) is 3.22. The predicted molar refractivity (Wildman–Crippen MR) is 109 cm³/mol. The van der Waals surface area contributed by atoms with Gasteiger partial charge in [0.05, 0.1) is 10.5 Å². The maximum Gasteiger partial charge on any atom is 0.256 e. The molecule has 150 valence electrons. The van der Waals surface area contributed by atoms with Gasteiger partial charge in [0.15, 0.2) is 0 Å². The fraction of sp³-hybridized carbons (Fsp3) is 0.400. The van der Waals surface area contributed by atoms with Crippen LogP contribution in [0.5, 0.6) is 0 Å². The van der Waals surface area contributed by atoms with E-state index in [-0.39, 0.29) is 10.8 Å². The molecule has 2 aromatic rings. The first kappa shape index (κ1) is 20.3. The molecule has 2 heterocycles. The molecular weight excluding hydrogens is 376 g/mol. The van der Waals surface area contributed by atoms with Crippen molar-refractivity contribution in [1.82, 2.24) is 14.2 Å². The minimum atomic E-state index is -3.62. The summed E-state index contributed by atoms with van der Waals surface area (Å²) in [5.74, 6) is -0.207. The van der Waals surface area contributed by atoms with Crippen LogP contribution in [-0.2, 0) is 16.6 Å². The largest absolute Gasteiger partial charge is 0.371 e. The molecule has 7 nitrogen and oxygen atoms in total. The molecule has 1 aromatic carbocycles. The lowest BCUT2D eigenvalue weighted by molar-refractivity contribution is 0.0785. The molecule has 1 aliphatic rings. The van der Waals surface area contributed by atoms with Gasteiger partial charge in [0, 0.05) is 58.9 Å². The lowest BCUT2D eigenvalue weighted by Gasteiger charge is -2.25. The molecule has 1 fully saturated rings. The molecule has 1 amide bonds. The summed E-state index contributed by atoms with van der Waals surface area (Å²) in [5, 5.41) is 0. The number of rotatable bonds is 6. The van der Waals surface area contributed by atoms with Gasteiger partial charge in [0.25, 0.3) is 5.91 Å². The number of carbonyl (C=O) groups excluding carboxylic acids is 1. The summed E-state index contributed by atoms with van der Waals surface area (Å²) in [6.45, 7) is 2.13. The molecule has 0 bridgehead atoms. The van der Waals surface area contributed by atoms with Crippen molar-refractivity contribution in [2.75, 3.05) is 39.1 Å². The van der Waals surface area contributed by atoms with Crippen LogP contribution in [0.1, 0.15) is 28.8 Å². The highest BCUT2D eigenvalue weighted by atomic mass is 32.2. The number of nitrogens with zero attached hydrogens (tertiary/aromatic N) is 4. The normalized spacial score (nSPS) is 14.5. The Labute approximate surface area is 166 Å². The summed E-state index contributed by atoms with van der Waals surface area (Å²) in [4.78, 5) is 21.2. The van der Waals surface area contributed by atoms with E-state index in [9.17, 15) is 13.2 Å². The minimum Gasteiger partial charge on any atom is -0.371 e. The topological polar surface area (TPSA) is 73.8 Å². The number of aromatic nitrogens is 1. The fourth-order valence-electron chi connectivity index (χ4n) is 3.33. The zero-order valence-electron chi connectivity index (χ0n) is 16.5. The van der Waals surface area contributed by atoms with Crippen LogP contribution in [0.3, 0.4) is 0 Å². The highest BCUT2D eigenvalue weighted by molar-refractivity contribution is 7.89. The molecule has 0 radical (unpaired) electrons. The number of pyridine rings is 1. The molecule has 1 aromatic heterocycles. The first-order valence-electron chi connectivity index (χ1n) is 9.26. The van der Waals surface area contributed by atoms with Crippen LogP contribution in [0.25, 0.3) is 0 Å². The van der Waals surface area contributed by atoms with Gasteiger partial charge in [0.2, 0.25) is 10.0 Å². The van der Waals surface area contributed by atoms with Gasteiger partial charge in [-0.25, -0.2) is 12.7 Å². The minimum absolute atomic E-state index is 0.124. The van der Waals surface area contributed by atoms with Crippen molar-refractivity contribution in [3.05, 3.63) is 53.9 Å². The quantitative estimate of drug-likeness (QED) is 0.741. The molecular formula is C20H26N4O3S. The van der Waals surface area contributed by atoms with Crippen LogP contribution in [-0.4, -0.2) is 62.7 Å². The fourth-order valence-corrected chi connectivity index (χ4v) is 4.26. The van der Waals surface area contributed by atoms with Crippen LogP contribution in [0.4, 0.5) is 5.69 Å². The Bertz CT molecular complexity index is 939. The van der Waals surface area contributed by atoms with Crippen LogP contribution >= 0.6 is 0 Å². The van der Waals surface area contributed by atoms with Gasteiger partial charge in [-0.3, -0.25) is 9.78 Å². The molecule has 0 saturated carbocycles. The Morgan fingerprint density at radius 1 is 1.14 bits per heavy atom. The van der Waals surface area contributed by atoms with Crippen LogP contribution < -0.4 is 4.90 Å². The summed E-state index contributed by atoms with van der Waals surface area (Å²) in [5.41, 5.74) is 2.12. The van der Waals surface area contributed by atoms with Gasteiger partial charge in [-0.2, -0.15) is 0 Å². The van der Waals surface area contributed by atoms with Crippen molar-refractivity contribution in [2.45, 2.75) is 24.3 Å². The highest BCUT2D eigenvalue weighted by Gasteiger charge is 2.26. The second-order valence-corrected chi connectivity index (χ2v) is 9.33. The van der Waals surface area contributed by atoms with Crippen molar-refractivity contribution in [2.24, 2.45) is 0 Å². The van der Waals surface area contributed by atoms with Crippen LogP contribution in [0.15, 0.2) is 47.6 Å². The maximum atomic E-state index is 13.2. The molecule has 1 aliphatic heterocycles. The molecule has 1 saturated heterocycles. The lowest BCUT2D eigenvalue weighted by atomic mass is 10.1. The SMILES string of the molecule is CN(Cc1cccnc1)C(=O)c1cc(S(=O)(=O)N(C)C)ccc1N1CCCC1. The Morgan fingerprint density at radius 2 is 1.86 bits per heavy atom. The standard InChI is InChI=1S/C20H26N4O3S/c1-22(2)28(26,27)17-8-9-19(24-11-4-5-12-24)18(13-17)20(25)23(3)15-16-7-6-10-21-14-16/h6-10,13-14H,4-5,11-12,15H2,1-3H3. The van der Waals surface area contributed by atoms with Gasteiger partial charge in [-0.1, -0.05) is 6.07 Å². The Kier molecular flexibility index (Phi) is 6.00. The lowest BCUT2D eigenvalue weighted by Crippen LogP contribution is -2.30. The predicted octanol–water partition coefficient (Wildman–Crippen LogP) is 2.20. The number of hydrogen-bond donors (Lipinski definition) is 0. The molecule has 0 atom stereocenters. The Hall–Kier alpha value is -2.45. The number of amides is 1. The zero-order chi connectivity index (χ0) is 20.3. The van der Waals surface area contributed by atoms with E-state index in [1.807, 2.05) is 12.1 Å². The van der Waals surface area contributed by atoms with E-state index in [0.717, 1.165) is 41.5 Å². The van der Waals surface area contributed by atoms with Crippen molar-refractivity contribution < 1.29 is 13.2 Å². The van der Waals surface area contributed by atoms with Gasteiger partial charge in [0.1, 0.15) is 0 Å². The van der Waals surface area contributed by atoms with Gasteiger partial charge < -0.3 is 9.80 Å². The molecule has 28 heavy (non-hydrogen) atoms. The first-order chi connectivity index (χ1) is 13.3. The van der Waals surface area contributed by atoms with Crippen molar-refractivity contribution in [3.8, 4) is 0 Å².